The van der Waals surface area contributed by atoms with Crippen molar-refractivity contribution in [2.75, 3.05) is 58.5 Å². The lowest BCUT2D eigenvalue weighted by Crippen LogP contribution is -2.53. The van der Waals surface area contributed by atoms with Crippen LogP contribution in [0, 0.1) is 0 Å². The topological polar surface area (TPSA) is 62.2 Å². The van der Waals surface area contributed by atoms with Gasteiger partial charge in [0.05, 0.1) is 25.4 Å². The zero-order valence-corrected chi connectivity index (χ0v) is 18.8. The molecular weight excluding hydrogens is 392 g/mol. The van der Waals surface area contributed by atoms with Crippen LogP contribution in [0.25, 0.3) is 0 Å². The molecule has 2 aromatic rings. The minimum absolute atomic E-state index is 0.0155. The minimum atomic E-state index is -0.657. The summed E-state index contributed by atoms with van der Waals surface area (Å²) in [5.41, 5.74) is 2.17. The summed E-state index contributed by atoms with van der Waals surface area (Å²) in [6.07, 6.45) is 1.30. The molecular formula is C25H34N2O4. The maximum atomic E-state index is 14.1. The van der Waals surface area contributed by atoms with Crippen LogP contribution >= 0.6 is 0 Å². The Hall–Kier alpha value is -2.41. The highest BCUT2D eigenvalue weighted by Crippen LogP contribution is 2.32. The average molecular weight is 427 g/mol. The first kappa shape index (κ1) is 23.3. The number of benzene rings is 2. The van der Waals surface area contributed by atoms with E-state index in [2.05, 4.69) is 16.7 Å². The Morgan fingerprint density at radius 1 is 1.13 bits per heavy atom. The van der Waals surface area contributed by atoms with Crippen LogP contribution in [-0.4, -0.2) is 74.9 Å². The van der Waals surface area contributed by atoms with E-state index in [9.17, 15) is 4.79 Å². The van der Waals surface area contributed by atoms with Crippen molar-refractivity contribution >= 4 is 11.5 Å². The molecule has 1 fully saturated rings. The number of ether oxygens (including phenoxy) is 2. The second-order valence-corrected chi connectivity index (χ2v) is 8.12. The molecule has 1 atom stereocenters. The van der Waals surface area contributed by atoms with Gasteiger partial charge < -0.3 is 19.5 Å². The molecule has 0 aliphatic carbocycles. The number of rotatable bonds is 10. The number of carbonyl (C=O) groups excluding carboxylic acids is 1. The molecule has 0 spiro atoms. The van der Waals surface area contributed by atoms with Crippen LogP contribution in [0.15, 0.2) is 48.5 Å². The van der Waals surface area contributed by atoms with Crippen LogP contribution in [-0.2, 0) is 11.2 Å². The zero-order chi connectivity index (χ0) is 22.3. The van der Waals surface area contributed by atoms with Crippen molar-refractivity contribution in [2.24, 2.45) is 0 Å². The van der Waals surface area contributed by atoms with Crippen molar-refractivity contribution in [3.05, 3.63) is 59.7 Å². The lowest BCUT2D eigenvalue weighted by atomic mass is 9.79. The van der Waals surface area contributed by atoms with Gasteiger partial charge in [-0.2, -0.15) is 0 Å². The Balaban J connectivity index is 1.91. The van der Waals surface area contributed by atoms with Gasteiger partial charge in [-0.3, -0.25) is 9.69 Å². The molecule has 1 N–H and O–H groups in total. The van der Waals surface area contributed by atoms with E-state index in [0.29, 0.717) is 31.8 Å². The number of ketones is 1. The first-order valence-corrected chi connectivity index (χ1v) is 11.0. The Bertz CT molecular complexity index is 847. The third-order valence-corrected chi connectivity index (χ3v) is 6.14. The molecule has 168 valence electrons. The molecule has 0 amide bonds. The van der Waals surface area contributed by atoms with Crippen molar-refractivity contribution in [3.8, 4) is 5.75 Å². The summed E-state index contributed by atoms with van der Waals surface area (Å²) in [7, 11) is 3.97. The van der Waals surface area contributed by atoms with Crippen LogP contribution in [0.4, 0.5) is 5.69 Å². The van der Waals surface area contributed by atoms with Crippen molar-refractivity contribution in [2.45, 2.75) is 25.3 Å². The van der Waals surface area contributed by atoms with Gasteiger partial charge in [0.15, 0.2) is 5.78 Å². The largest absolute Gasteiger partial charge is 0.491 e. The van der Waals surface area contributed by atoms with Crippen LogP contribution < -0.4 is 9.64 Å². The van der Waals surface area contributed by atoms with E-state index in [-0.39, 0.29) is 19.0 Å². The van der Waals surface area contributed by atoms with Gasteiger partial charge in [-0.1, -0.05) is 31.2 Å². The number of aliphatic hydroxyl groups is 1. The van der Waals surface area contributed by atoms with Crippen LogP contribution in [0.1, 0.15) is 29.3 Å². The predicted octanol–water partition coefficient (Wildman–Crippen LogP) is 3.03. The zero-order valence-electron chi connectivity index (χ0n) is 18.8. The van der Waals surface area contributed by atoms with E-state index in [1.807, 2.05) is 62.6 Å². The molecule has 0 radical (unpaired) electrons. The molecule has 1 heterocycles. The second-order valence-electron chi connectivity index (χ2n) is 8.12. The maximum absolute atomic E-state index is 14.1. The fourth-order valence-electron chi connectivity index (χ4n) is 4.24. The summed E-state index contributed by atoms with van der Waals surface area (Å²) < 4.78 is 11.0. The third-order valence-electron chi connectivity index (χ3n) is 6.14. The fourth-order valence-corrected chi connectivity index (χ4v) is 4.24. The van der Waals surface area contributed by atoms with Crippen LogP contribution in [0.3, 0.4) is 0 Å². The summed E-state index contributed by atoms with van der Waals surface area (Å²) >= 11 is 0. The minimum Gasteiger partial charge on any atom is -0.491 e. The number of aliphatic hydroxyl groups excluding tert-OH is 1. The van der Waals surface area contributed by atoms with E-state index in [1.165, 1.54) is 0 Å². The van der Waals surface area contributed by atoms with Crippen molar-refractivity contribution in [1.29, 1.82) is 0 Å². The number of hydrogen-bond acceptors (Lipinski definition) is 6. The van der Waals surface area contributed by atoms with Gasteiger partial charge in [0.25, 0.3) is 0 Å². The summed E-state index contributed by atoms with van der Waals surface area (Å²) in [5, 5.41) is 8.94. The second kappa shape index (κ2) is 10.8. The van der Waals surface area contributed by atoms with E-state index in [1.54, 1.807) is 0 Å². The van der Waals surface area contributed by atoms with Gasteiger partial charge in [-0.05, 0) is 56.8 Å². The molecule has 0 bridgehead atoms. The predicted molar refractivity (Wildman–Crippen MR) is 123 cm³/mol. The quantitative estimate of drug-likeness (QED) is 0.590. The molecule has 1 saturated heterocycles. The number of Topliss-reactive ketones (excluding diaryl/α,β-unsaturated/α-hetero) is 1. The molecule has 6 heteroatoms. The molecule has 2 aromatic carbocycles. The summed E-state index contributed by atoms with van der Waals surface area (Å²) in [6.45, 7) is 5.28. The highest BCUT2D eigenvalue weighted by atomic mass is 16.5. The molecule has 0 aromatic heterocycles. The van der Waals surface area contributed by atoms with E-state index in [0.717, 1.165) is 29.9 Å². The molecule has 0 saturated carbocycles. The highest BCUT2D eigenvalue weighted by Gasteiger charge is 2.40. The van der Waals surface area contributed by atoms with Gasteiger partial charge in [0.2, 0.25) is 0 Å². The van der Waals surface area contributed by atoms with Gasteiger partial charge in [-0.15, -0.1) is 0 Å². The highest BCUT2D eigenvalue weighted by molar-refractivity contribution is 6.07. The van der Waals surface area contributed by atoms with Crippen LogP contribution in [0.5, 0.6) is 5.75 Å². The Labute approximate surface area is 185 Å². The lowest BCUT2D eigenvalue weighted by Gasteiger charge is -2.39. The van der Waals surface area contributed by atoms with Crippen LogP contribution in [0.2, 0.25) is 0 Å². The standard InChI is InChI=1S/C25H34N2O4/c1-4-25(26(2)3,19-20-9-11-21(12-10-20)31-18-15-28)24(29)22-7-5-6-8-23(22)27-13-16-30-17-14-27/h5-12,28H,4,13-19H2,1-3H3. The summed E-state index contributed by atoms with van der Waals surface area (Å²) in [5.74, 6) is 0.858. The number of nitrogens with zero attached hydrogens (tertiary/aromatic N) is 2. The number of hydrogen-bond donors (Lipinski definition) is 1. The first-order valence-electron chi connectivity index (χ1n) is 11.0. The van der Waals surface area contributed by atoms with Crippen molar-refractivity contribution in [1.82, 2.24) is 4.90 Å². The number of anilines is 1. The molecule has 3 rings (SSSR count). The van der Waals surface area contributed by atoms with E-state index >= 15 is 0 Å². The SMILES string of the molecule is CCC(Cc1ccc(OCCO)cc1)(C(=O)c1ccccc1N1CCOCC1)N(C)C. The summed E-state index contributed by atoms with van der Waals surface area (Å²) in [4.78, 5) is 18.4. The van der Waals surface area contributed by atoms with Crippen molar-refractivity contribution in [3.63, 3.8) is 0 Å². The Kier molecular flexibility index (Phi) is 8.07. The van der Waals surface area contributed by atoms with Gasteiger partial charge >= 0.3 is 0 Å². The molecule has 1 aliphatic rings. The molecule has 6 nitrogen and oxygen atoms in total. The monoisotopic (exact) mass is 426 g/mol. The van der Waals surface area contributed by atoms with Gasteiger partial charge in [-0.25, -0.2) is 0 Å². The van der Waals surface area contributed by atoms with E-state index in [4.69, 9.17) is 14.6 Å². The maximum Gasteiger partial charge on any atom is 0.185 e. The number of morpholine rings is 1. The molecule has 31 heavy (non-hydrogen) atoms. The fraction of sp³-hybridized carbons (Fsp3) is 0.480. The summed E-state index contributed by atoms with van der Waals surface area (Å²) in [6, 6.07) is 15.7. The average Bonchev–Trinajstić information content (AvgIpc) is 2.82. The normalized spacial score (nSPS) is 16.2. The molecule has 1 aliphatic heterocycles. The van der Waals surface area contributed by atoms with Gasteiger partial charge in [0, 0.05) is 24.3 Å². The number of para-hydroxylation sites is 1. The number of likely N-dealkylation sites (N-methyl/N-ethyl adjacent to an activating group) is 1. The molecule has 1 unspecified atom stereocenters. The van der Waals surface area contributed by atoms with E-state index < -0.39 is 5.54 Å². The Morgan fingerprint density at radius 3 is 2.42 bits per heavy atom. The third kappa shape index (κ3) is 5.26. The Morgan fingerprint density at radius 2 is 1.81 bits per heavy atom. The smallest absolute Gasteiger partial charge is 0.185 e. The van der Waals surface area contributed by atoms with Crippen molar-refractivity contribution < 1.29 is 19.4 Å². The number of carbonyl (C=O) groups is 1. The van der Waals surface area contributed by atoms with Gasteiger partial charge in [0.1, 0.15) is 12.4 Å². The first-order chi connectivity index (χ1) is 15.0. The lowest BCUT2D eigenvalue weighted by molar-refractivity contribution is 0.0666.